The maximum atomic E-state index is 9.94. The SMILES string of the molecule is OC(CCC1CCOC1)c1ccccc1. The summed E-state index contributed by atoms with van der Waals surface area (Å²) in [5.74, 6) is 0.656. The largest absolute Gasteiger partial charge is 0.388 e. The summed E-state index contributed by atoms with van der Waals surface area (Å²) in [4.78, 5) is 0. The monoisotopic (exact) mass is 206 g/mol. The van der Waals surface area contributed by atoms with Gasteiger partial charge in [-0.3, -0.25) is 0 Å². The van der Waals surface area contributed by atoms with Crippen molar-refractivity contribution in [3.8, 4) is 0 Å². The average Bonchev–Trinajstić information content (AvgIpc) is 2.80. The third-order valence-corrected chi connectivity index (χ3v) is 3.06. The minimum absolute atomic E-state index is 0.313. The quantitative estimate of drug-likeness (QED) is 0.820. The molecule has 0 bridgehead atoms. The molecule has 1 aliphatic rings. The van der Waals surface area contributed by atoms with Gasteiger partial charge in [0.05, 0.1) is 6.10 Å². The highest BCUT2D eigenvalue weighted by molar-refractivity contribution is 5.17. The van der Waals surface area contributed by atoms with Crippen LogP contribution in [0.4, 0.5) is 0 Å². The van der Waals surface area contributed by atoms with E-state index in [-0.39, 0.29) is 6.10 Å². The molecule has 1 N–H and O–H groups in total. The summed E-state index contributed by atoms with van der Waals surface area (Å²) in [5.41, 5.74) is 1.02. The Hall–Kier alpha value is -0.860. The first-order valence-corrected chi connectivity index (χ1v) is 5.67. The van der Waals surface area contributed by atoms with Crippen LogP contribution in [0.2, 0.25) is 0 Å². The molecule has 1 fully saturated rings. The van der Waals surface area contributed by atoms with Crippen molar-refractivity contribution >= 4 is 0 Å². The smallest absolute Gasteiger partial charge is 0.0790 e. The van der Waals surface area contributed by atoms with Crippen LogP contribution in [0.3, 0.4) is 0 Å². The van der Waals surface area contributed by atoms with Crippen LogP contribution in [0.1, 0.15) is 30.9 Å². The van der Waals surface area contributed by atoms with E-state index in [4.69, 9.17) is 4.74 Å². The van der Waals surface area contributed by atoms with Gasteiger partial charge < -0.3 is 9.84 Å². The van der Waals surface area contributed by atoms with Gasteiger partial charge in [-0.1, -0.05) is 30.3 Å². The molecule has 1 saturated heterocycles. The van der Waals surface area contributed by atoms with Gasteiger partial charge in [-0.2, -0.15) is 0 Å². The zero-order valence-electron chi connectivity index (χ0n) is 8.93. The number of hydrogen-bond acceptors (Lipinski definition) is 2. The van der Waals surface area contributed by atoms with Crippen molar-refractivity contribution in [2.75, 3.05) is 13.2 Å². The second kappa shape index (κ2) is 5.29. The molecule has 1 heterocycles. The molecule has 0 saturated carbocycles. The molecule has 2 atom stereocenters. The van der Waals surface area contributed by atoms with Crippen LogP contribution in [0, 0.1) is 5.92 Å². The predicted octanol–water partition coefficient (Wildman–Crippen LogP) is 2.54. The Morgan fingerprint density at radius 1 is 1.33 bits per heavy atom. The van der Waals surface area contributed by atoms with Crippen LogP contribution >= 0.6 is 0 Å². The molecule has 2 unspecified atom stereocenters. The van der Waals surface area contributed by atoms with Crippen LogP contribution in [0.15, 0.2) is 30.3 Å². The van der Waals surface area contributed by atoms with E-state index < -0.39 is 0 Å². The molecule has 1 aliphatic heterocycles. The van der Waals surface area contributed by atoms with Crippen LogP contribution in [0.5, 0.6) is 0 Å². The van der Waals surface area contributed by atoms with Crippen LogP contribution < -0.4 is 0 Å². The highest BCUT2D eigenvalue weighted by Crippen LogP contribution is 2.24. The van der Waals surface area contributed by atoms with Crippen molar-refractivity contribution in [2.24, 2.45) is 5.92 Å². The lowest BCUT2D eigenvalue weighted by Crippen LogP contribution is -2.04. The van der Waals surface area contributed by atoms with Gasteiger partial charge in [0.2, 0.25) is 0 Å². The van der Waals surface area contributed by atoms with E-state index in [1.807, 2.05) is 30.3 Å². The molecule has 2 heteroatoms. The van der Waals surface area contributed by atoms with Crippen molar-refractivity contribution in [3.05, 3.63) is 35.9 Å². The first-order valence-electron chi connectivity index (χ1n) is 5.67. The third-order valence-electron chi connectivity index (χ3n) is 3.06. The van der Waals surface area contributed by atoms with E-state index in [1.165, 1.54) is 0 Å². The van der Waals surface area contributed by atoms with Crippen molar-refractivity contribution < 1.29 is 9.84 Å². The summed E-state index contributed by atoms with van der Waals surface area (Å²) in [6, 6.07) is 9.88. The van der Waals surface area contributed by atoms with Crippen LogP contribution in [-0.4, -0.2) is 18.3 Å². The van der Waals surface area contributed by atoms with E-state index in [0.29, 0.717) is 5.92 Å². The Morgan fingerprint density at radius 3 is 2.80 bits per heavy atom. The number of hydrogen-bond donors (Lipinski definition) is 1. The molecular weight excluding hydrogens is 188 g/mol. The summed E-state index contributed by atoms with van der Waals surface area (Å²) < 4.78 is 5.31. The van der Waals surface area contributed by atoms with E-state index in [2.05, 4.69) is 0 Å². The van der Waals surface area contributed by atoms with E-state index in [0.717, 1.165) is 38.0 Å². The van der Waals surface area contributed by atoms with Gasteiger partial charge in [-0.25, -0.2) is 0 Å². The molecular formula is C13H18O2. The summed E-state index contributed by atoms with van der Waals surface area (Å²) >= 11 is 0. The number of aliphatic hydroxyl groups excluding tert-OH is 1. The highest BCUT2D eigenvalue weighted by atomic mass is 16.5. The topological polar surface area (TPSA) is 29.5 Å². The van der Waals surface area contributed by atoms with Crippen LogP contribution in [0.25, 0.3) is 0 Å². The van der Waals surface area contributed by atoms with Crippen molar-refractivity contribution in [1.82, 2.24) is 0 Å². The second-order valence-electron chi connectivity index (χ2n) is 4.23. The Balaban J connectivity index is 1.79. The minimum atomic E-state index is -0.313. The maximum absolute atomic E-state index is 9.94. The Bertz CT molecular complexity index is 278. The van der Waals surface area contributed by atoms with Gasteiger partial charge in [0.25, 0.3) is 0 Å². The molecule has 15 heavy (non-hydrogen) atoms. The summed E-state index contributed by atoms with van der Waals surface area (Å²) in [6.45, 7) is 1.77. The number of benzene rings is 1. The fourth-order valence-corrected chi connectivity index (χ4v) is 2.05. The first kappa shape index (κ1) is 10.7. The molecule has 0 spiro atoms. The van der Waals surface area contributed by atoms with Gasteiger partial charge in [0, 0.05) is 13.2 Å². The molecule has 0 amide bonds. The van der Waals surface area contributed by atoms with Crippen LogP contribution in [-0.2, 0) is 4.74 Å². The molecule has 2 nitrogen and oxygen atoms in total. The lowest BCUT2D eigenvalue weighted by Gasteiger charge is -2.13. The minimum Gasteiger partial charge on any atom is -0.388 e. The molecule has 0 aliphatic carbocycles. The normalized spacial score (nSPS) is 22.9. The molecule has 82 valence electrons. The lowest BCUT2D eigenvalue weighted by atomic mass is 9.97. The van der Waals surface area contributed by atoms with Crippen molar-refractivity contribution in [1.29, 1.82) is 0 Å². The molecule has 0 radical (unpaired) electrons. The Morgan fingerprint density at radius 2 is 2.13 bits per heavy atom. The summed E-state index contributed by atoms with van der Waals surface area (Å²) in [6.07, 6.45) is 2.75. The van der Waals surface area contributed by atoms with Gasteiger partial charge in [0.1, 0.15) is 0 Å². The van der Waals surface area contributed by atoms with Gasteiger partial charge >= 0.3 is 0 Å². The highest BCUT2D eigenvalue weighted by Gasteiger charge is 2.17. The van der Waals surface area contributed by atoms with E-state index >= 15 is 0 Å². The fourth-order valence-electron chi connectivity index (χ4n) is 2.05. The zero-order chi connectivity index (χ0) is 10.5. The standard InChI is InChI=1S/C13H18O2/c14-13(12-4-2-1-3-5-12)7-6-11-8-9-15-10-11/h1-5,11,13-14H,6-10H2. The number of ether oxygens (including phenoxy) is 1. The van der Waals surface area contributed by atoms with Crippen molar-refractivity contribution in [3.63, 3.8) is 0 Å². The summed E-state index contributed by atoms with van der Waals surface area (Å²) in [7, 11) is 0. The van der Waals surface area contributed by atoms with Gasteiger partial charge in [-0.15, -0.1) is 0 Å². The Kier molecular flexibility index (Phi) is 3.75. The van der Waals surface area contributed by atoms with E-state index in [9.17, 15) is 5.11 Å². The zero-order valence-corrected chi connectivity index (χ0v) is 8.93. The second-order valence-corrected chi connectivity index (χ2v) is 4.23. The first-order chi connectivity index (χ1) is 7.36. The molecule has 1 aromatic rings. The number of aliphatic hydroxyl groups is 1. The fraction of sp³-hybridized carbons (Fsp3) is 0.538. The van der Waals surface area contributed by atoms with E-state index in [1.54, 1.807) is 0 Å². The van der Waals surface area contributed by atoms with Gasteiger partial charge in [0.15, 0.2) is 0 Å². The lowest BCUT2D eigenvalue weighted by molar-refractivity contribution is 0.148. The predicted molar refractivity (Wildman–Crippen MR) is 59.6 cm³/mol. The van der Waals surface area contributed by atoms with Crippen molar-refractivity contribution in [2.45, 2.75) is 25.4 Å². The van der Waals surface area contributed by atoms with Gasteiger partial charge in [-0.05, 0) is 30.7 Å². The maximum Gasteiger partial charge on any atom is 0.0790 e. The third kappa shape index (κ3) is 3.05. The number of rotatable bonds is 4. The summed E-state index contributed by atoms with van der Waals surface area (Å²) in [5, 5.41) is 9.94. The molecule has 2 rings (SSSR count). The Labute approximate surface area is 90.9 Å². The molecule has 0 aromatic heterocycles. The molecule has 1 aromatic carbocycles. The average molecular weight is 206 g/mol.